The molecule has 2 rings (SSSR count). The summed E-state index contributed by atoms with van der Waals surface area (Å²) in [5.41, 5.74) is 1.35. The summed E-state index contributed by atoms with van der Waals surface area (Å²) >= 11 is 7.28. The van der Waals surface area contributed by atoms with Gasteiger partial charge < -0.3 is 15.4 Å². The SMILES string of the molecule is CN=C1NC(=O)[C@H](CC(=O)Nc2cc(C)c(Cl)cc2OC)S1. The Labute approximate surface area is 137 Å². The lowest BCUT2D eigenvalue weighted by Crippen LogP contribution is -2.28. The van der Waals surface area contributed by atoms with Crippen LogP contribution in [0.4, 0.5) is 5.69 Å². The normalized spacial score (nSPS) is 19.2. The first-order valence-electron chi connectivity index (χ1n) is 6.53. The molecule has 1 heterocycles. The predicted octanol–water partition coefficient (Wildman–Crippen LogP) is 2.20. The summed E-state index contributed by atoms with van der Waals surface area (Å²) in [4.78, 5) is 27.8. The minimum atomic E-state index is -0.474. The van der Waals surface area contributed by atoms with E-state index in [1.807, 2.05) is 6.92 Å². The average Bonchev–Trinajstić information content (AvgIpc) is 2.83. The van der Waals surface area contributed by atoms with Crippen molar-refractivity contribution in [3.63, 3.8) is 0 Å². The van der Waals surface area contributed by atoms with Gasteiger partial charge >= 0.3 is 0 Å². The molecule has 0 radical (unpaired) electrons. The summed E-state index contributed by atoms with van der Waals surface area (Å²) in [7, 11) is 3.09. The standard InChI is InChI=1S/C14H16ClN3O3S/c1-7-4-9(10(21-3)5-8(7)15)17-12(19)6-11-13(20)18-14(16-2)22-11/h4-5,11H,6H2,1-3H3,(H,17,19)(H,16,18,20)/t11-/m0/s1. The first-order chi connectivity index (χ1) is 10.4. The first kappa shape index (κ1) is 16.6. The second-order valence-corrected chi connectivity index (χ2v) is 6.28. The van der Waals surface area contributed by atoms with E-state index in [1.54, 1.807) is 19.2 Å². The van der Waals surface area contributed by atoms with Crippen molar-refractivity contribution in [2.45, 2.75) is 18.6 Å². The van der Waals surface area contributed by atoms with Crippen LogP contribution in [0.1, 0.15) is 12.0 Å². The van der Waals surface area contributed by atoms with E-state index in [1.165, 1.54) is 18.9 Å². The van der Waals surface area contributed by atoms with E-state index < -0.39 is 5.25 Å². The molecule has 8 heteroatoms. The Hall–Kier alpha value is -1.73. The van der Waals surface area contributed by atoms with Gasteiger partial charge in [0.2, 0.25) is 11.8 Å². The number of nitrogens with one attached hydrogen (secondary N) is 2. The number of benzene rings is 1. The van der Waals surface area contributed by atoms with Gasteiger partial charge in [-0.2, -0.15) is 0 Å². The van der Waals surface area contributed by atoms with Crippen LogP contribution in [0, 0.1) is 6.92 Å². The molecular weight excluding hydrogens is 326 g/mol. The van der Waals surface area contributed by atoms with Gasteiger partial charge in [-0.05, 0) is 18.6 Å². The fraction of sp³-hybridized carbons (Fsp3) is 0.357. The van der Waals surface area contributed by atoms with Crippen LogP contribution >= 0.6 is 23.4 Å². The molecule has 0 saturated carbocycles. The largest absolute Gasteiger partial charge is 0.495 e. The highest BCUT2D eigenvalue weighted by Gasteiger charge is 2.31. The van der Waals surface area contributed by atoms with E-state index >= 15 is 0 Å². The van der Waals surface area contributed by atoms with Crippen molar-refractivity contribution in [1.82, 2.24) is 5.32 Å². The van der Waals surface area contributed by atoms with Crippen molar-refractivity contribution in [3.8, 4) is 5.75 Å². The van der Waals surface area contributed by atoms with Gasteiger partial charge in [0.05, 0.1) is 12.8 Å². The van der Waals surface area contributed by atoms with Gasteiger partial charge in [-0.1, -0.05) is 23.4 Å². The minimum absolute atomic E-state index is 0.0559. The number of thioether (sulfide) groups is 1. The predicted molar refractivity (Wildman–Crippen MR) is 88.9 cm³/mol. The van der Waals surface area contributed by atoms with Crippen LogP contribution in [0.3, 0.4) is 0 Å². The number of ether oxygens (including phenoxy) is 1. The van der Waals surface area contributed by atoms with Crippen molar-refractivity contribution in [2.75, 3.05) is 19.5 Å². The van der Waals surface area contributed by atoms with Crippen molar-refractivity contribution in [1.29, 1.82) is 0 Å². The third-order valence-electron chi connectivity index (χ3n) is 3.11. The summed E-state index contributed by atoms with van der Waals surface area (Å²) in [5, 5.41) is 5.98. The Morgan fingerprint density at radius 2 is 2.27 bits per heavy atom. The number of hydrogen-bond acceptors (Lipinski definition) is 5. The number of rotatable bonds is 4. The van der Waals surface area contributed by atoms with E-state index in [0.717, 1.165) is 5.56 Å². The molecule has 1 aromatic rings. The molecule has 2 N–H and O–H groups in total. The summed E-state index contributed by atoms with van der Waals surface area (Å²) in [6.45, 7) is 1.84. The number of anilines is 1. The number of hydrogen-bond donors (Lipinski definition) is 2. The van der Waals surface area contributed by atoms with Crippen LogP contribution in [0.25, 0.3) is 0 Å². The van der Waals surface area contributed by atoms with E-state index in [9.17, 15) is 9.59 Å². The van der Waals surface area contributed by atoms with Gasteiger partial charge in [-0.25, -0.2) is 0 Å². The maximum Gasteiger partial charge on any atom is 0.240 e. The zero-order valence-corrected chi connectivity index (χ0v) is 14.0. The van der Waals surface area contributed by atoms with Crippen molar-refractivity contribution < 1.29 is 14.3 Å². The highest BCUT2D eigenvalue weighted by molar-refractivity contribution is 8.15. The summed E-state index contributed by atoms with van der Waals surface area (Å²) < 4.78 is 5.20. The van der Waals surface area contributed by atoms with Crippen LogP contribution in [-0.4, -0.2) is 36.4 Å². The second kappa shape index (κ2) is 7.02. The zero-order valence-electron chi connectivity index (χ0n) is 12.4. The highest BCUT2D eigenvalue weighted by atomic mass is 35.5. The highest BCUT2D eigenvalue weighted by Crippen LogP contribution is 2.31. The van der Waals surface area contributed by atoms with Gasteiger partial charge in [0.15, 0.2) is 5.17 Å². The summed E-state index contributed by atoms with van der Waals surface area (Å²) in [6.07, 6.45) is 0.0559. The summed E-state index contributed by atoms with van der Waals surface area (Å²) in [5.74, 6) is -0.00619. The molecule has 22 heavy (non-hydrogen) atoms. The first-order valence-corrected chi connectivity index (χ1v) is 7.78. The number of amidine groups is 1. The Morgan fingerprint density at radius 1 is 1.55 bits per heavy atom. The zero-order chi connectivity index (χ0) is 16.3. The molecule has 6 nitrogen and oxygen atoms in total. The lowest BCUT2D eigenvalue weighted by Gasteiger charge is -2.13. The van der Waals surface area contributed by atoms with Gasteiger partial charge in [-0.3, -0.25) is 14.6 Å². The van der Waals surface area contributed by atoms with E-state index in [2.05, 4.69) is 15.6 Å². The summed E-state index contributed by atoms with van der Waals surface area (Å²) in [6, 6.07) is 3.38. The Morgan fingerprint density at radius 3 is 2.86 bits per heavy atom. The molecule has 1 atom stereocenters. The molecule has 1 saturated heterocycles. The van der Waals surface area contributed by atoms with Gasteiger partial charge in [0.25, 0.3) is 0 Å². The number of methoxy groups -OCH3 is 1. The number of aryl methyl sites for hydroxylation is 1. The Balaban J connectivity index is 2.07. The molecule has 1 aromatic carbocycles. The molecule has 2 amide bonds. The number of amides is 2. The van der Waals surface area contributed by atoms with Crippen molar-refractivity contribution in [2.24, 2.45) is 4.99 Å². The van der Waals surface area contributed by atoms with E-state index in [0.29, 0.717) is 21.6 Å². The maximum atomic E-state index is 12.1. The molecule has 0 unspecified atom stereocenters. The molecule has 1 aliphatic rings. The monoisotopic (exact) mass is 341 g/mol. The molecular formula is C14H16ClN3O3S. The Kier molecular flexibility index (Phi) is 5.31. The fourth-order valence-corrected chi connectivity index (χ4v) is 3.03. The van der Waals surface area contributed by atoms with Gasteiger partial charge in [0.1, 0.15) is 11.0 Å². The van der Waals surface area contributed by atoms with Crippen LogP contribution in [-0.2, 0) is 9.59 Å². The fourth-order valence-electron chi connectivity index (χ4n) is 1.95. The van der Waals surface area contributed by atoms with Crippen LogP contribution < -0.4 is 15.4 Å². The molecule has 0 spiro atoms. The topological polar surface area (TPSA) is 79.8 Å². The third kappa shape index (κ3) is 3.72. The molecule has 0 bridgehead atoms. The molecule has 118 valence electrons. The van der Waals surface area contributed by atoms with Crippen LogP contribution in [0.5, 0.6) is 5.75 Å². The van der Waals surface area contributed by atoms with Crippen LogP contribution in [0.2, 0.25) is 5.02 Å². The molecule has 1 aliphatic heterocycles. The van der Waals surface area contributed by atoms with E-state index in [4.69, 9.17) is 16.3 Å². The number of nitrogens with zero attached hydrogens (tertiary/aromatic N) is 1. The lowest BCUT2D eigenvalue weighted by atomic mass is 10.2. The molecule has 0 aliphatic carbocycles. The average molecular weight is 342 g/mol. The number of carbonyl (C=O) groups is 2. The second-order valence-electron chi connectivity index (χ2n) is 4.68. The Bertz CT molecular complexity index is 648. The number of aliphatic imine (C=N–C) groups is 1. The quantitative estimate of drug-likeness (QED) is 0.880. The van der Waals surface area contributed by atoms with Crippen molar-refractivity contribution in [3.05, 3.63) is 22.7 Å². The molecule has 0 aromatic heterocycles. The van der Waals surface area contributed by atoms with Crippen LogP contribution in [0.15, 0.2) is 17.1 Å². The van der Waals surface area contributed by atoms with Gasteiger partial charge in [-0.15, -0.1) is 0 Å². The van der Waals surface area contributed by atoms with E-state index in [-0.39, 0.29) is 18.2 Å². The van der Waals surface area contributed by atoms with Crippen molar-refractivity contribution >= 4 is 46.0 Å². The number of halogens is 1. The smallest absolute Gasteiger partial charge is 0.240 e. The van der Waals surface area contributed by atoms with Gasteiger partial charge in [0, 0.05) is 24.6 Å². The number of carbonyl (C=O) groups excluding carboxylic acids is 2. The lowest BCUT2D eigenvalue weighted by molar-refractivity contribution is -0.122. The minimum Gasteiger partial charge on any atom is -0.495 e. The maximum absolute atomic E-state index is 12.1. The third-order valence-corrected chi connectivity index (χ3v) is 4.69. The molecule has 1 fully saturated rings.